The Morgan fingerprint density at radius 3 is 2.68 bits per heavy atom. The highest BCUT2D eigenvalue weighted by Crippen LogP contribution is 2.52. The molecule has 0 aliphatic carbocycles. The van der Waals surface area contributed by atoms with Crippen LogP contribution >= 0.6 is 0 Å². The summed E-state index contributed by atoms with van der Waals surface area (Å²) in [4.78, 5) is 33.6. The number of pyridine rings is 1. The first-order chi connectivity index (χ1) is 16.4. The molecule has 11 nitrogen and oxygen atoms in total. The number of tetrazole rings is 1. The van der Waals surface area contributed by atoms with Crippen LogP contribution in [0.5, 0.6) is 0 Å². The predicted octanol–water partition coefficient (Wildman–Crippen LogP) is 0.685. The SMILES string of the molecule is Cc1nc(-n2cnnn2)ccc1[C@H](O)CN1[C@@H]2CC[C@@H]1CC1(CCN(C3=CC(=O)OC3)C1=O)C2. The molecular formula is C23H27N7O4. The molecule has 3 fully saturated rings. The Morgan fingerprint density at radius 2 is 2.03 bits per heavy atom. The van der Waals surface area contributed by atoms with Crippen LogP contribution in [-0.4, -0.2) is 83.8 Å². The topological polar surface area (TPSA) is 127 Å². The molecule has 2 aromatic heterocycles. The maximum absolute atomic E-state index is 13.4. The highest BCUT2D eigenvalue weighted by Gasteiger charge is 2.56. The number of aliphatic hydroxyl groups is 1. The van der Waals surface area contributed by atoms with Gasteiger partial charge in [0.25, 0.3) is 0 Å². The molecule has 1 N–H and O–H groups in total. The maximum atomic E-state index is 13.4. The number of likely N-dealkylation sites (tertiary alicyclic amines) is 1. The number of fused-ring (bicyclic) bond motifs is 2. The van der Waals surface area contributed by atoms with Gasteiger partial charge in [0, 0.05) is 42.5 Å². The van der Waals surface area contributed by atoms with Crippen molar-refractivity contribution in [2.75, 3.05) is 19.7 Å². The third-order valence-corrected chi connectivity index (χ3v) is 7.97. The van der Waals surface area contributed by atoms with E-state index in [1.807, 2.05) is 13.0 Å². The quantitative estimate of drug-likeness (QED) is 0.635. The van der Waals surface area contributed by atoms with Crippen molar-refractivity contribution in [3.63, 3.8) is 0 Å². The number of carbonyl (C=O) groups is 2. The first-order valence-electron chi connectivity index (χ1n) is 11.8. The number of amides is 1. The van der Waals surface area contributed by atoms with Crippen LogP contribution < -0.4 is 0 Å². The standard InChI is InChI=1S/C23H27N7O4/c1-14-18(4-5-20(25-14)30-13-24-26-27-30)19(31)11-29-15-2-3-16(29)10-23(9-15)6-7-28(22(23)33)17-8-21(32)34-12-17/h4-5,8,13,15-16,19,31H,2-3,6-7,9-12H2,1H3/t15-,16-,19-/m1/s1. The molecule has 4 aliphatic rings. The summed E-state index contributed by atoms with van der Waals surface area (Å²) in [6, 6.07) is 4.22. The predicted molar refractivity (Wildman–Crippen MR) is 117 cm³/mol. The molecule has 4 aliphatic heterocycles. The lowest BCUT2D eigenvalue weighted by Crippen LogP contribution is -2.51. The van der Waals surface area contributed by atoms with Crippen LogP contribution in [-0.2, 0) is 14.3 Å². The van der Waals surface area contributed by atoms with E-state index in [1.165, 1.54) is 17.1 Å². The lowest BCUT2D eigenvalue weighted by Gasteiger charge is -2.44. The van der Waals surface area contributed by atoms with Crippen molar-refractivity contribution in [3.05, 3.63) is 41.5 Å². The van der Waals surface area contributed by atoms with E-state index in [4.69, 9.17) is 4.74 Å². The molecular weight excluding hydrogens is 438 g/mol. The second kappa shape index (κ2) is 7.95. The van der Waals surface area contributed by atoms with Gasteiger partial charge in [-0.3, -0.25) is 9.69 Å². The largest absolute Gasteiger partial charge is 0.456 e. The van der Waals surface area contributed by atoms with Gasteiger partial charge in [-0.15, -0.1) is 5.10 Å². The smallest absolute Gasteiger partial charge is 0.333 e. The Balaban J connectivity index is 1.15. The minimum absolute atomic E-state index is 0.132. The van der Waals surface area contributed by atoms with E-state index in [-0.39, 0.29) is 36.0 Å². The Bertz CT molecular complexity index is 1150. The summed E-state index contributed by atoms with van der Waals surface area (Å²) < 4.78 is 6.50. The van der Waals surface area contributed by atoms with Gasteiger partial charge in [0.05, 0.1) is 17.2 Å². The van der Waals surface area contributed by atoms with Crippen LogP contribution in [0.3, 0.4) is 0 Å². The summed E-state index contributed by atoms with van der Waals surface area (Å²) in [6.45, 7) is 3.22. The van der Waals surface area contributed by atoms with Gasteiger partial charge in [0.1, 0.15) is 12.9 Å². The number of cyclic esters (lactones) is 1. The fraction of sp³-hybridized carbons (Fsp3) is 0.565. The van der Waals surface area contributed by atoms with Crippen molar-refractivity contribution in [2.24, 2.45) is 5.41 Å². The number of esters is 1. The molecule has 6 heterocycles. The summed E-state index contributed by atoms with van der Waals surface area (Å²) in [6.07, 6.45) is 6.72. The molecule has 2 aromatic rings. The Labute approximate surface area is 196 Å². The van der Waals surface area contributed by atoms with Crippen LogP contribution in [0, 0.1) is 12.3 Å². The molecule has 0 aromatic carbocycles. The molecule has 11 heteroatoms. The lowest BCUT2D eigenvalue weighted by atomic mass is 9.73. The first kappa shape index (κ1) is 21.4. The van der Waals surface area contributed by atoms with E-state index in [2.05, 4.69) is 25.4 Å². The van der Waals surface area contributed by atoms with E-state index in [0.29, 0.717) is 24.6 Å². The summed E-state index contributed by atoms with van der Waals surface area (Å²) in [5, 5.41) is 22.2. The van der Waals surface area contributed by atoms with Gasteiger partial charge in [0.15, 0.2) is 5.82 Å². The van der Waals surface area contributed by atoms with Crippen LogP contribution in [0.4, 0.5) is 0 Å². The number of ether oxygens (including phenoxy) is 1. The highest BCUT2D eigenvalue weighted by atomic mass is 16.5. The number of hydrogen-bond donors (Lipinski definition) is 1. The minimum atomic E-state index is -0.671. The number of hydrogen-bond acceptors (Lipinski definition) is 9. The highest BCUT2D eigenvalue weighted by molar-refractivity contribution is 5.90. The molecule has 0 radical (unpaired) electrons. The molecule has 6 rings (SSSR count). The summed E-state index contributed by atoms with van der Waals surface area (Å²) in [7, 11) is 0. The molecule has 34 heavy (non-hydrogen) atoms. The zero-order chi connectivity index (χ0) is 23.4. The van der Waals surface area contributed by atoms with Crippen molar-refractivity contribution in [1.29, 1.82) is 0 Å². The molecule has 1 spiro atoms. The third kappa shape index (κ3) is 3.41. The zero-order valence-corrected chi connectivity index (χ0v) is 19.0. The normalized spacial score (nSPS) is 29.7. The van der Waals surface area contributed by atoms with Gasteiger partial charge in [-0.05, 0) is 55.5 Å². The Kier molecular flexibility index (Phi) is 4.99. The van der Waals surface area contributed by atoms with E-state index in [1.54, 1.807) is 11.0 Å². The monoisotopic (exact) mass is 465 g/mol. The summed E-state index contributed by atoms with van der Waals surface area (Å²) in [5.74, 6) is 0.364. The molecule has 1 amide bonds. The fourth-order valence-corrected chi connectivity index (χ4v) is 6.33. The van der Waals surface area contributed by atoms with Crippen molar-refractivity contribution >= 4 is 11.9 Å². The van der Waals surface area contributed by atoms with Crippen LogP contribution in [0.15, 0.2) is 30.2 Å². The van der Waals surface area contributed by atoms with Crippen LogP contribution in [0.1, 0.15) is 49.5 Å². The number of rotatable bonds is 5. The average molecular weight is 466 g/mol. The first-order valence-corrected chi connectivity index (χ1v) is 11.8. The van der Waals surface area contributed by atoms with Gasteiger partial charge in [-0.2, -0.15) is 4.68 Å². The van der Waals surface area contributed by atoms with E-state index in [9.17, 15) is 14.7 Å². The number of aromatic nitrogens is 5. The van der Waals surface area contributed by atoms with Gasteiger partial charge in [-0.1, -0.05) is 6.07 Å². The van der Waals surface area contributed by atoms with E-state index in [0.717, 1.165) is 43.4 Å². The molecule has 0 unspecified atom stereocenters. The minimum Gasteiger partial charge on any atom is -0.456 e. The number of aryl methyl sites for hydroxylation is 1. The number of nitrogens with zero attached hydrogens (tertiary/aromatic N) is 7. The van der Waals surface area contributed by atoms with Gasteiger partial charge in [0.2, 0.25) is 5.91 Å². The molecule has 0 saturated carbocycles. The van der Waals surface area contributed by atoms with E-state index < -0.39 is 6.10 Å². The Morgan fingerprint density at radius 1 is 1.24 bits per heavy atom. The molecule has 3 atom stereocenters. The Hall–Kier alpha value is -3.18. The van der Waals surface area contributed by atoms with Gasteiger partial charge in [-0.25, -0.2) is 9.78 Å². The number of carbonyl (C=O) groups excluding carboxylic acids is 2. The van der Waals surface area contributed by atoms with Crippen LogP contribution in [0.2, 0.25) is 0 Å². The van der Waals surface area contributed by atoms with Crippen molar-refractivity contribution in [1.82, 2.24) is 35.0 Å². The average Bonchev–Trinajstić information content (AvgIpc) is 3.59. The van der Waals surface area contributed by atoms with E-state index >= 15 is 0 Å². The second-order valence-corrected chi connectivity index (χ2v) is 9.83. The lowest BCUT2D eigenvalue weighted by molar-refractivity contribution is -0.140. The van der Waals surface area contributed by atoms with Crippen molar-refractivity contribution in [3.8, 4) is 5.82 Å². The second-order valence-electron chi connectivity index (χ2n) is 9.83. The molecule has 3 saturated heterocycles. The summed E-state index contributed by atoms with van der Waals surface area (Å²) >= 11 is 0. The molecule has 178 valence electrons. The third-order valence-electron chi connectivity index (χ3n) is 7.97. The van der Waals surface area contributed by atoms with Crippen molar-refractivity contribution in [2.45, 2.75) is 57.2 Å². The fourth-order valence-electron chi connectivity index (χ4n) is 6.33. The van der Waals surface area contributed by atoms with Gasteiger partial charge < -0.3 is 14.7 Å². The zero-order valence-electron chi connectivity index (χ0n) is 19.0. The number of aliphatic hydroxyl groups excluding tert-OH is 1. The van der Waals surface area contributed by atoms with Crippen molar-refractivity contribution < 1.29 is 19.4 Å². The molecule has 2 bridgehead atoms. The van der Waals surface area contributed by atoms with Gasteiger partial charge >= 0.3 is 5.97 Å². The number of piperidine rings is 1. The van der Waals surface area contributed by atoms with Crippen LogP contribution in [0.25, 0.3) is 5.82 Å². The maximum Gasteiger partial charge on any atom is 0.333 e. The summed E-state index contributed by atoms with van der Waals surface area (Å²) in [5.41, 5.74) is 1.84.